The molecule has 0 saturated carbocycles. The molecule has 0 fully saturated rings. The molecule has 2 aromatic carbocycles. The van der Waals surface area contributed by atoms with Crippen molar-refractivity contribution in [2.75, 3.05) is 17.7 Å². The van der Waals surface area contributed by atoms with E-state index in [-0.39, 0.29) is 23.7 Å². The van der Waals surface area contributed by atoms with E-state index in [1.54, 1.807) is 31.2 Å². The summed E-state index contributed by atoms with van der Waals surface area (Å²) in [5.74, 6) is 1.03. The molecule has 0 radical (unpaired) electrons. The van der Waals surface area contributed by atoms with E-state index in [2.05, 4.69) is 22.4 Å². The average Bonchev–Trinajstić information content (AvgIpc) is 3.16. The van der Waals surface area contributed by atoms with Crippen molar-refractivity contribution < 1.29 is 19.1 Å². The summed E-state index contributed by atoms with van der Waals surface area (Å²) in [6.45, 7) is 8.09. The summed E-state index contributed by atoms with van der Waals surface area (Å²) in [4.78, 5) is 24.1. The first-order valence-electron chi connectivity index (χ1n) is 10.6. The van der Waals surface area contributed by atoms with Crippen LogP contribution in [-0.4, -0.2) is 39.0 Å². The highest BCUT2D eigenvalue weighted by Gasteiger charge is 2.18. The molecule has 0 spiro atoms. The number of aryl methyl sites for hydroxylation is 2. The van der Waals surface area contributed by atoms with E-state index in [0.29, 0.717) is 28.8 Å². The van der Waals surface area contributed by atoms with Gasteiger partial charge in [0, 0.05) is 12.7 Å². The maximum atomic E-state index is 12.4. The first kappa shape index (κ1) is 24.3. The second-order valence-corrected chi connectivity index (χ2v) is 8.48. The average molecular weight is 469 g/mol. The van der Waals surface area contributed by atoms with Crippen LogP contribution in [0.1, 0.15) is 47.3 Å². The first-order chi connectivity index (χ1) is 15.8. The Kier molecular flexibility index (Phi) is 8.11. The topological polar surface area (TPSA) is 95.3 Å². The van der Waals surface area contributed by atoms with Crippen LogP contribution in [0.15, 0.2) is 47.6 Å². The fraction of sp³-hybridized carbons (Fsp3) is 0.333. The predicted molar refractivity (Wildman–Crippen MR) is 128 cm³/mol. The lowest BCUT2D eigenvalue weighted by atomic mass is 10.1. The summed E-state index contributed by atoms with van der Waals surface area (Å²) in [6.07, 6.45) is -0.300. The molecule has 1 N–H and O–H groups in total. The minimum atomic E-state index is -0.389. The van der Waals surface area contributed by atoms with Crippen molar-refractivity contribution in [3.05, 3.63) is 65.0 Å². The van der Waals surface area contributed by atoms with Crippen LogP contribution in [0.4, 0.5) is 5.69 Å². The molecule has 1 atom stereocenters. The van der Waals surface area contributed by atoms with Gasteiger partial charge >= 0.3 is 5.97 Å². The molecule has 0 bridgehead atoms. The van der Waals surface area contributed by atoms with Crippen LogP contribution < -0.4 is 10.1 Å². The fourth-order valence-corrected chi connectivity index (χ4v) is 3.80. The maximum Gasteiger partial charge on any atom is 0.338 e. The van der Waals surface area contributed by atoms with Crippen LogP contribution in [0.5, 0.6) is 5.75 Å². The zero-order valence-electron chi connectivity index (χ0n) is 19.4. The number of carbonyl (C=O) groups excluding carboxylic acids is 2. The Balaban J connectivity index is 1.54. The van der Waals surface area contributed by atoms with Gasteiger partial charge in [-0.1, -0.05) is 17.8 Å². The Morgan fingerprint density at radius 1 is 1.09 bits per heavy atom. The van der Waals surface area contributed by atoms with Gasteiger partial charge < -0.3 is 19.4 Å². The van der Waals surface area contributed by atoms with Crippen LogP contribution in [-0.2, 0) is 16.6 Å². The molecule has 1 amide bonds. The number of hydrogen-bond donors (Lipinski definition) is 1. The van der Waals surface area contributed by atoms with Crippen LogP contribution in [0.2, 0.25) is 0 Å². The van der Waals surface area contributed by atoms with Gasteiger partial charge in [-0.05, 0) is 75.2 Å². The summed E-state index contributed by atoms with van der Waals surface area (Å²) < 4.78 is 12.8. The van der Waals surface area contributed by atoms with Crippen molar-refractivity contribution in [1.82, 2.24) is 14.8 Å². The normalized spacial score (nSPS) is 11.7. The van der Waals surface area contributed by atoms with Gasteiger partial charge in [-0.25, -0.2) is 4.79 Å². The Bertz CT molecular complexity index is 1130. The summed E-state index contributed by atoms with van der Waals surface area (Å²) in [5, 5.41) is 11.9. The van der Waals surface area contributed by atoms with E-state index >= 15 is 0 Å². The third-order valence-corrected chi connectivity index (χ3v) is 6.06. The highest BCUT2D eigenvalue weighted by molar-refractivity contribution is 7.99. The van der Waals surface area contributed by atoms with Crippen LogP contribution in [0.3, 0.4) is 0 Å². The number of anilines is 1. The Hall–Kier alpha value is -3.33. The van der Waals surface area contributed by atoms with E-state index in [1.807, 2.05) is 43.7 Å². The Morgan fingerprint density at radius 3 is 2.48 bits per heavy atom. The fourth-order valence-electron chi connectivity index (χ4n) is 3.08. The minimum absolute atomic E-state index is 0.165. The number of nitrogens with one attached hydrogen (secondary N) is 1. The van der Waals surface area contributed by atoms with E-state index in [9.17, 15) is 9.59 Å². The van der Waals surface area contributed by atoms with E-state index < -0.39 is 0 Å². The SMILES string of the molecule is CCOC(=O)c1ccc(NC(=O)CSc2nnc(C(C)Oc3ccc(C)c(C)c3)n2C)cc1. The number of ether oxygens (including phenoxy) is 2. The molecule has 1 heterocycles. The molecule has 0 saturated heterocycles. The molecule has 174 valence electrons. The van der Waals surface area contributed by atoms with Crippen molar-refractivity contribution >= 4 is 29.3 Å². The zero-order valence-corrected chi connectivity index (χ0v) is 20.2. The number of amides is 1. The molecule has 0 aliphatic heterocycles. The van der Waals surface area contributed by atoms with Crippen LogP contribution in [0, 0.1) is 13.8 Å². The Labute approximate surface area is 197 Å². The molecule has 1 unspecified atom stereocenters. The van der Waals surface area contributed by atoms with E-state index in [0.717, 1.165) is 11.3 Å². The van der Waals surface area contributed by atoms with Crippen molar-refractivity contribution in [3.8, 4) is 5.75 Å². The van der Waals surface area contributed by atoms with E-state index in [1.165, 1.54) is 17.3 Å². The van der Waals surface area contributed by atoms with Gasteiger partial charge in [0.2, 0.25) is 5.91 Å². The standard InChI is InChI=1S/C24H28N4O4S/c1-6-31-23(30)18-8-10-19(11-9-18)25-21(29)14-33-24-27-26-22(28(24)5)17(4)32-20-12-7-15(2)16(3)13-20/h7-13,17H,6,14H2,1-5H3,(H,25,29). The quantitative estimate of drug-likeness (QED) is 0.365. The molecule has 3 aromatic rings. The largest absolute Gasteiger partial charge is 0.483 e. The monoisotopic (exact) mass is 468 g/mol. The van der Waals surface area contributed by atoms with Crippen molar-refractivity contribution in [3.63, 3.8) is 0 Å². The van der Waals surface area contributed by atoms with Gasteiger partial charge in [-0.2, -0.15) is 0 Å². The molecule has 0 aliphatic rings. The number of carbonyl (C=O) groups is 2. The molecular weight excluding hydrogens is 440 g/mol. The lowest BCUT2D eigenvalue weighted by Gasteiger charge is -2.15. The number of hydrogen-bond acceptors (Lipinski definition) is 7. The second kappa shape index (κ2) is 11.0. The zero-order chi connectivity index (χ0) is 24.0. The molecule has 0 aliphatic carbocycles. The van der Waals surface area contributed by atoms with Gasteiger partial charge in [0.15, 0.2) is 17.1 Å². The number of benzene rings is 2. The van der Waals surface area contributed by atoms with Gasteiger partial charge in [-0.3, -0.25) is 4.79 Å². The number of aromatic nitrogens is 3. The van der Waals surface area contributed by atoms with Crippen LogP contribution in [0.25, 0.3) is 0 Å². The van der Waals surface area contributed by atoms with Gasteiger partial charge in [-0.15, -0.1) is 10.2 Å². The molecular formula is C24H28N4O4S. The third-order valence-electron chi connectivity index (χ3n) is 5.04. The molecule has 33 heavy (non-hydrogen) atoms. The predicted octanol–water partition coefficient (Wildman–Crippen LogP) is 4.48. The summed E-state index contributed by atoms with van der Waals surface area (Å²) in [6, 6.07) is 12.5. The van der Waals surface area contributed by atoms with E-state index in [4.69, 9.17) is 9.47 Å². The number of rotatable bonds is 9. The molecule has 3 rings (SSSR count). The lowest BCUT2D eigenvalue weighted by Crippen LogP contribution is -2.15. The summed E-state index contributed by atoms with van der Waals surface area (Å²) >= 11 is 1.29. The summed E-state index contributed by atoms with van der Waals surface area (Å²) in [7, 11) is 1.85. The minimum Gasteiger partial charge on any atom is -0.483 e. The summed E-state index contributed by atoms with van der Waals surface area (Å²) in [5.41, 5.74) is 3.41. The van der Waals surface area contributed by atoms with Gasteiger partial charge in [0.25, 0.3) is 0 Å². The van der Waals surface area contributed by atoms with Crippen molar-refractivity contribution in [1.29, 1.82) is 0 Å². The molecule has 1 aromatic heterocycles. The second-order valence-electron chi connectivity index (χ2n) is 7.54. The lowest BCUT2D eigenvalue weighted by molar-refractivity contribution is -0.113. The smallest absolute Gasteiger partial charge is 0.338 e. The molecule has 9 heteroatoms. The molecule has 8 nitrogen and oxygen atoms in total. The van der Waals surface area contributed by atoms with Gasteiger partial charge in [0.1, 0.15) is 5.75 Å². The Morgan fingerprint density at radius 2 is 1.82 bits per heavy atom. The highest BCUT2D eigenvalue weighted by Crippen LogP contribution is 2.25. The highest BCUT2D eigenvalue weighted by atomic mass is 32.2. The van der Waals surface area contributed by atoms with Crippen LogP contribution >= 0.6 is 11.8 Å². The van der Waals surface area contributed by atoms with Crippen molar-refractivity contribution in [2.45, 2.75) is 39.0 Å². The number of thioether (sulfide) groups is 1. The number of nitrogens with zero attached hydrogens (tertiary/aromatic N) is 3. The first-order valence-corrected chi connectivity index (χ1v) is 11.6. The maximum absolute atomic E-state index is 12.4. The third kappa shape index (κ3) is 6.35. The van der Waals surface area contributed by atoms with Crippen molar-refractivity contribution in [2.24, 2.45) is 7.05 Å². The number of esters is 1. The van der Waals surface area contributed by atoms with Gasteiger partial charge in [0.05, 0.1) is 17.9 Å².